The number of rotatable bonds is 1. The first-order valence-corrected chi connectivity index (χ1v) is 8.99. The Kier molecular flexibility index (Phi) is 5.99. The van der Waals surface area contributed by atoms with E-state index in [4.69, 9.17) is 58.0 Å². The first-order valence-electron chi connectivity index (χ1n) is 4.54. The van der Waals surface area contributed by atoms with Crippen LogP contribution >= 0.6 is 58.0 Å². The molecule has 0 bridgehead atoms. The maximum absolute atomic E-state index is 12.6. The molecule has 1 rings (SSSR count). The van der Waals surface area contributed by atoms with E-state index in [9.17, 15) is 30.0 Å². The lowest BCUT2D eigenvalue weighted by atomic mass is 10.2. The van der Waals surface area contributed by atoms with Crippen molar-refractivity contribution in [3.05, 3.63) is 30.7 Å². The highest BCUT2D eigenvalue weighted by Crippen LogP contribution is 2.45. The summed E-state index contributed by atoms with van der Waals surface area (Å²) in [4.78, 5) is 0. The van der Waals surface area contributed by atoms with Crippen LogP contribution in [0.15, 0.2) is 0 Å². The Morgan fingerprint density at radius 2 is 1.14 bits per heavy atom. The van der Waals surface area contributed by atoms with Gasteiger partial charge in [0.05, 0.1) is 25.1 Å². The average Bonchev–Trinajstić information content (AvgIpc) is 2.37. The molecule has 0 saturated carbocycles. The summed E-state index contributed by atoms with van der Waals surface area (Å²) >= 11 is 27.9. The second-order valence-corrected chi connectivity index (χ2v) is 8.32. The van der Waals surface area contributed by atoms with Crippen LogP contribution in [0.25, 0.3) is 0 Å². The molecular weight excluding hydrogens is 458 g/mol. The van der Waals surface area contributed by atoms with Crippen molar-refractivity contribution < 1.29 is 30.0 Å². The first kappa shape index (κ1) is 20.1. The molecule has 4 nitrogen and oxygen atoms in total. The number of hydrogen-bond acceptors (Lipinski definition) is 4. The summed E-state index contributed by atoms with van der Waals surface area (Å²) in [6, 6.07) is 0. The van der Waals surface area contributed by atoms with Crippen molar-refractivity contribution >= 4 is 82.3 Å². The highest BCUT2D eigenvalue weighted by Gasteiger charge is 2.51. The molecule has 0 N–H and O–H groups in total. The van der Waals surface area contributed by atoms with E-state index in [-0.39, 0.29) is 0 Å². The van der Waals surface area contributed by atoms with Gasteiger partial charge in [0.2, 0.25) is 14.5 Å². The van der Waals surface area contributed by atoms with Crippen LogP contribution < -0.4 is 0 Å². The molecular formula is C8Cl5F3O4S2. The highest BCUT2D eigenvalue weighted by molar-refractivity contribution is 8.16. The summed E-state index contributed by atoms with van der Waals surface area (Å²) in [5.41, 5.74) is -7.14. The van der Waals surface area contributed by atoms with Crippen LogP contribution in [-0.4, -0.2) is 26.5 Å². The lowest BCUT2D eigenvalue weighted by Crippen LogP contribution is -2.32. The van der Waals surface area contributed by atoms with Crippen LogP contribution in [0.2, 0.25) is 25.1 Å². The van der Waals surface area contributed by atoms with Crippen LogP contribution in [-0.2, 0) is 20.1 Å². The van der Waals surface area contributed by atoms with Gasteiger partial charge in [0.25, 0.3) is 9.84 Å². The van der Waals surface area contributed by atoms with Crippen molar-refractivity contribution in [3.8, 4) is 0 Å². The fraction of sp³-hybridized carbons (Fsp3) is 0.125. The largest absolute Gasteiger partial charge is 0.502 e. The Hall–Kier alpha value is 0.1000. The monoisotopic (exact) mass is 456 g/mol. The van der Waals surface area contributed by atoms with Gasteiger partial charge < -0.3 is 0 Å². The Morgan fingerprint density at radius 3 is 1.41 bits per heavy atom. The minimum Gasteiger partial charge on any atom is -0.213 e. The minimum absolute atomic E-state index is 0.484. The highest BCUT2D eigenvalue weighted by atomic mass is 35.5. The Balaban J connectivity index is 4.09. The van der Waals surface area contributed by atoms with Crippen molar-refractivity contribution in [2.45, 2.75) is 5.51 Å². The summed E-state index contributed by atoms with van der Waals surface area (Å²) in [7, 11) is -10.2. The Labute approximate surface area is 148 Å². The summed E-state index contributed by atoms with van der Waals surface area (Å²) < 4.78 is 80.7. The lowest BCUT2D eigenvalue weighted by Gasteiger charge is -2.14. The number of hydrogen-bond donors (Lipinski definition) is 0. The quantitative estimate of drug-likeness (QED) is 0.359. The third-order valence-electron chi connectivity index (χ3n) is 2.11. The topological polar surface area (TPSA) is 68.3 Å². The Morgan fingerprint density at radius 1 is 0.818 bits per heavy atom. The van der Waals surface area contributed by atoms with Crippen molar-refractivity contribution in [1.29, 1.82) is 0 Å². The normalized spacial score (nSPS) is 12.4. The molecule has 0 aliphatic rings. The fourth-order valence-corrected chi connectivity index (χ4v) is 4.80. The molecule has 0 heterocycles. The van der Waals surface area contributed by atoms with Gasteiger partial charge in [-0.15, -0.1) is 0 Å². The van der Waals surface area contributed by atoms with E-state index in [2.05, 4.69) is 0 Å². The second kappa shape index (κ2) is 6.54. The molecule has 0 saturated heterocycles. The van der Waals surface area contributed by atoms with Gasteiger partial charge in [-0.1, -0.05) is 58.0 Å². The number of halogens is 8. The van der Waals surface area contributed by atoms with Gasteiger partial charge >= 0.3 is 5.51 Å². The van der Waals surface area contributed by atoms with Gasteiger partial charge in [0.1, 0.15) is 0 Å². The van der Waals surface area contributed by atoms with Gasteiger partial charge in [0.15, 0.2) is 0 Å². The third kappa shape index (κ3) is 3.31. The van der Waals surface area contributed by atoms with Gasteiger partial charge in [-0.2, -0.15) is 21.6 Å². The molecule has 14 heteroatoms. The molecule has 0 aromatic heterocycles. The van der Waals surface area contributed by atoms with Crippen LogP contribution in [0.3, 0.4) is 0 Å². The first-order chi connectivity index (χ1) is 9.75. The molecule has 22 heavy (non-hydrogen) atoms. The zero-order chi connectivity index (χ0) is 17.6. The molecule has 1 aromatic rings. The number of sulfone groups is 1. The lowest BCUT2D eigenvalue weighted by molar-refractivity contribution is -0.0416. The van der Waals surface area contributed by atoms with Crippen LogP contribution in [0.5, 0.6) is 0 Å². The standard InChI is InChI=1S/C8Cl5F3O4S2/c9-2-1(3(10)5(12)6(13)4(2)11)7(21(17)18)22(19,20)8(14,15)16. The molecule has 0 spiro atoms. The summed E-state index contributed by atoms with van der Waals surface area (Å²) in [6.45, 7) is 0. The van der Waals surface area contributed by atoms with E-state index >= 15 is 0 Å². The van der Waals surface area contributed by atoms with Gasteiger partial charge in [-0.05, 0) is 0 Å². The molecule has 1 aromatic carbocycles. The van der Waals surface area contributed by atoms with Crippen molar-refractivity contribution in [2.24, 2.45) is 0 Å². The van der Waals surface area contributed by atoms with E-state index < -0.39 is 60.5 Å². The van der Waals surface area contributed by atoms with Crippen molar-refractivity contribution in [1.82, 2.24) is 0 Å². The maximum atomic E-state index is 12.6. The van der Waals surface area contributed by atoms with E-state index in [1.54, 1.807) is 0 Å². The Bertz CT molecular complexity index is 852. The predicted octanol–water partition coefficient (Wildman–Crippen LogP) is 4.25. The van der Waals surface area contributed by atoms with Gasteiger partial charge in [0, 0.05) is 5.56 Å². The second-order valence-electron chi connectivity index (χ2n) is 3.42. The predicted molar refractivity (Wildman–Crippen MR) is 79.5 cm³/mol. The van der Waals surface area contributed by atoms with Gasteiger partial charge in [-0.3, -0.25) is 0 Å². The molecule has 0 aliphatic heterocycles. The summed E-state index contributed by atoms with van der Waals surface area (Å²) in [5, 5.41) is -3.62. The number of alkyl halides is 3. The SMILES string of the molecule is O=S(=O)=C(c1c(Cl)c(Cl)c(Cl)c(Cl)c1Cl)S(=O)(=O)C(F)(F)F. The molecule has 0 aliphatic carbocycles. The van der Waals surface area contributed by atoms with E-state index in [1.165, 1.54) is 0 Å². The van der Waals surface area contributed by atoms with Crippen LogP contribution in [0, 0.1) is 0 Å². The third-order valence-corrected chi connectivity index (χ3v) is 7.27. The number of benzene rings is 1. The van der Waals surface area contributed by atoms with Crippen LogP contribution in [0.1, 0.15) is 5.56 Å². The molecule has 0 radical (unpaired) electrons. The molecule has 0 unspecified atom stereocenters. The molecule has 0 atom stereocenters. The smallest absolute Gasteiger partial charge is 0.213 e. The fourth-order valence-electron chi connectivity index (χ4n) is 1.20. The van der Waals surface area contributed by atoms with Crippen molar-refractivity contribution in [2.75, 3.05) is 0 Å². The zero-order valence-corrected chi connectivity index (χ0v) is 14.9. The van der Waals surface area contributed by atoms with Crippen LogP contribution in [0.4, 0.5) is 13.2 Å². The molecule has 0 amide bonds. The molecule has 124 valence electrons. The van der Waals surface area contributed by atoms with Gasteiger partial charge in [-0.25, -0.2) is 8.42 Å². The summed E-state index contributed by atoms with van der Waals surface area (Å²) in [6.07, 6.45) is 0. The average molecular weight is 458 g/mol. The maximum Gasteiger partial charge on any atom is 0.502 e. The summed E-state index contributed by atoms with van der Waals surface area (Å²) in [5.74, 6) is 0. The van der Waals surface area contributed by atoms with E-state index in [0.717, 1.165) is 0 Å². The zero-order valence-electron chi connectivity index (χ0n) is 9.47. The van der Waals surface area contributed by atoms with Crippen molar-refractivity contribution in [3.63, 3.8) is 0 Å². The minimum atomic E-state index is -6.31. The van der Waals surface area contributed by atoms with E-state index in [0.29, 0.717) is 0 Å². The van der Waals surface area contributed by atoms with E-state index in [1.807, 2.05) is 0 Å². The molecule has 0 fully saturated rings.